The van der Waals surface area contributed by atoms with Gasteiger partial charge in [0.2, 0.25) is 0 Å². The van der Waals surface area contributed by atoms with Gasteiger partial charge in [-0.25, -0.2) is 13.8 Å². The van der Waals surface area contributed by atoms with E-state index in [-0.39, 0.29) is 11.4 Å². The topological polar surface area (TPSA) is 78.8 Å². The van der Waals surface area contributed by atoms with Crippen LogP contribution in [0.3, 0.4) is 0 Å². The average molecular weight is 442 g/mol. The summed E-state index contributed by atoms with van der Waals surface area (Å²) in [7, 11) is -3.92. The maximum absolute atomic E-state index is 13.5. The van der Waals surface area contributed by atoms with Gasteiger partial charge in [0.15, 0.2) is 0 Å². The quantitative estimate of drug-likeness (QED) is 0.524. The standard InChI is InChI=1S/C24H31N3O3S/c1-18-10-12-23(13-11-18)31(29,30)27(22-15-19(2)14-20(3)16-22)17-24(28)26-25-21-8-6-4-5-7-9-21/h10-16H,4-9,17H2,1-3H3,(H,26,28). The fraction of sp³-hybridized carbons (Fsp3) is 0.417. The molecule has 2 aromatic carbocycles. The number of carbonyl (C=O) groups is 1. The van der Waals surface area contributed by atoms with Crippen LogP contribution in [0.15, 0.2) is 52.5 Å². The lowest BCUT2D eigenvalue weighted by molar-refractivity contribution is -0.119. The molecule has 166 valence electrons. The highest BCUT2D eigenvalue weighted by Gasteiger charge is 2.27. The molecule has 0 saturated heterocycles. The zero-order valence-corrected chi connectivity index (χ0v) is 19.3. The van der Waals surface area contributed by atoms with E-state index in [0.29, 0.717) is 5.69 Å². The van der Waals surface area contributed by atoms with Gasteiger partial charge in [-0.15, -0.1) is 0 Å². The zero-order valence-electron chi connectivity index (χ0n) is 18.5. The van der Waals surface area contributed by atoms with E-state index in [9.17, 15) is 13.2 Å². The van der Waals surface area contributed by atoms with Crippen molar-refractivity contribution in [2.45, 2.75) is 64.2 Å². The van der Waals surface area contributed by atoms with Gasteiger partial charge in [-0.3, -0.25) is 9.10 Å². The smallest absolute Gasteiger partial charge is 0.264 e. The number of hydrogen-bond donors (Lipinski definition) is 1. The van der Waals surface area contributed by atoms with Crippen molar-refractivity contribution in [3.8, 4) is 0 Å². The largest absolute Gasteiger partial charge is 0.271 e. The Kier molecular flexibility index (Phi) is 7.49. The number of hydrogen-bond acceptors (Lipinski definition) is 4. The molecule has 1 amide bonds. The fourth-order valence-corrected chi connectivity index (χ4v) is 5.21. The molecule has 7 heteroatoms. The molecule has 1 N–H and O–H groups in total. The number of sulfonamides is 1. The maximum Gasteiger partial charge on any atom is 0.264 e. The lowest BCUT2D eigenvalue weighted by Crippen LogP contribution is -2.40. The van der Waals surface area contributed by atoms with Crippen LogP contribution in [0, 0.1) is 20.8 Å². The molecule has 0 unspecified atom stereocenters. The van der Waals surface area contributed by atoms with E-state index in [1.54, 1.807) is 36.4 Å². The first-order chi connectivity index (χ1) is 14.8. The summed E-state index contributed by atoms with van der Waals surface area (Å²) >= 11 is 0. The van der Waals surface area contributed by atoms with Crippen LogP contribution in [-0.4, -0.2) is 26.6 Å². The summed E-state index contributed by atoms with van der Waals surface area (Å²) in [5.74, 6) is -0.452. The SMILES string of the molecule is Cc1ccc(S(=O)(=O)N(CC(=O)NN=C2CCCCCC2)c2cc(C)cc(C)c2)cc1. The Balaban J connectivity index is 1.89. The molecule has 3 rings (SSSR count). The van der Waals surface area contributed by atoms with Crippen LogP contribution in [0.1, 0.15) is 55.2 Å². The molecule has 0 atom stereocenters. The molecule has 31 heavy (non-hydrogen) atoms. The van der Waals surface area contributed by atoms with Crippen LogP contribution in [0.5, 0.6) is 0 Å². The van der Waals surface area contributed by atoms with Gasteiger partial charge in [-0.2, -0.15) is 5.10 Å². The molecule has 0 bridgehead atoms. The van der Waals surface area contributed by atoms with E-state index < -0.39 is 15.9 Å². The summed E-state index contributed by atoms with van der Waals surface area (Å²) < 4.78 is 28.1. The van der Waals surface area contributed by atoms with E-state index >= 15 is 0 Å². The van der Waals surface area contributed by atoms with Crippen molar-refractivity contribution in [2.75, 3.05) is 10.8 Å². The van der Waals surface area contributed by atoms with Crippen molar-refractivity contribution in [1.29, 1.82) is 0 Å². The predicted octanol–water partition coefficient (Wildman–Crippen LogP) is 4.63. The third kappa shape index (κ3) is 6.17. The van der Waals surface area contributed by atoms with E-state index in [2.05, 4.69) is 10.5 Å². The highest BCUT2D eigenvalue weighted by atomic mass is 32.2. The molecule has 0 aliphatic heterocycles. The molecule has 6 nitrogen and oxygen atoms in total. The first-order valence-electron chi connectivity index (χ1n) is 10.8. The molecular formula is C24H31N3O3S. The Morgan fingerprint density at radius 3 is 2.06 bits per heavy atom. The van der Waals surface area contributed by atoms with Crippen LogP contribution in [0.25, 0.3) is 0 Å². The Hall–Kier alpha value is -2.67. The normalized spacial score (nSPS) is 14.6. The van der Waals surface area contributed by atoms with Crippen LogP contribution in [0.2, 0.25) is 0 Å². The third-order valence-corrected chi connectivity index (χ3v) is 7.20. The summed E-state index contributed by atoms with van der Waals surface area (Å²) in [5, 5.41) is 4.29. The summed E-state index contributed by atoms with van der Waals surface area (Å²) in [4.78, 5) is 12.9. The third-order valence-electron chi connectivity index (χ3n) is 5.41. The molecule has 1 saturated carbocycles. The fourth-order valence-electron chi connectivity index (χ4n) is 3.80. The number of aryl methyl sites for hydroxylation is 3. The number of rotatable bonds is 6. The molecular weight excluding hydrogens is 410 g/mol. The molecule has 0 radical (unpaired) electrons. The predicted molar refractivity (Wildman–Crippen MR) is 125 cm³/mol. The minimum Gasteiger partial charge on any atom is -0.271 e. The Morgan fingerprint density at radius 2 is 1.48 bits per heavy atom. The second kappa shape index (κ2) is 10.1. The maximum atomic E-state index is 13.5. The number of amides is 1. The van der Waals surface area contributed by atoms with Gasteiger partial charge in [0, 0.05) is 5.71 Å². The molecule has 1 aliphatic rings. The Bertz CT molecular complexity index is 1030. The van der Waals surface area contributed by atoms with Gasteiger partial charge in [-0.05, 0) is 81.8 Å². The van der Waals surface area contributed by atoms with Gasteiger partial charge >= 0.3 is 0 Å². The Morgan fingerprint density at radius 1 is 0.903 bits per heavy atom. The molecule has 0 aromatic heterocycles. The minimum atomic E-state index is -3.92. The lowest BCUT2D eigenvalue weighted by atomic mass is 10.1. The number of anilines is 1. The molecule has 2 aromatic rings. The van der Waals surface area contributed by atoms with E-state index in [0.717, 1.165) is 48.1 Å². The number of benzene rings is 2. The van der Waals surface area contributed by atoms with Gasteiger partial charge in [0.1, 0.15) is 6.54 Å². The van der Waals surface area contributed by atoms with Gasteiger partial charge in [-0.1, -0.05) is 36.6 Å². The van der Waals surface area contributed by atoms with Crippen LogP contribution in [-0.2, 0) is 14.8 Å². The second-order valence-corrected chi connectivity index (χ2v) is 10.2. The van der Waals surface area contributed by atoms with E-state index in [1.165, 1.54) is 17.1 Å². The number of carbonyl (C=O) groups excluding carboxylic acids is 1. The number of nitrogens with one attached hydrogen (secondary N) is 1. The average Bonchev–Trinajstić information content (AvgIpc) is 2.99. The van der Waals surface area contributed by atoms with E-state index in [4.69, 9.17) is 0 Å². The first kappa shape index (κ1) is 23.0. The van der Waals surface area contributed by atoms with E-state index in [1.807, 2.05) is 26.8 Å². The van der Waals surface area contributed by atoms with Crippen molar-refractivity contribution in [2.24, 2.45) is 5.10 Å². The Labute approximate surface area is 185 Å². The van der Waals surface area contributed by atoms with Crippen LogP contribution < -0.4 is 9.73 Å². The summed E-state index contributed by atoms with van der Waals surface area (Å²) in [6, 6.07) is 12.2. The summed E-state index contributed by atoms with van der Waals surface area (Å²) in [6.07, 6.45) is 6.27. The van der Waals surface area contributed by atoms with Gasteiger partial charge in [0.05, 0.1) is 10.6 Å². The molecule has 0 heterocycles. The van der Waals surface area contributed by atoms with Crippen LogP contribution >= 0.6 is 0 Å². The zero-order chi connectivity index (χ0) is 22.4. The summed E-state index contributed by atoms with van der Waals surface area (Å²) in [5.41, 5.74) is 6.85. The van der Waals surface area contributed by atoms with Crippen molar-refractivity contribution in [3.63, 3.8) is 0 Å². The van der Waals surface area contributed by atoms with Crippen molar-refractivity contribution >= 4 is 27.3 Å². The molecule has 1 aliphatic carbocycles. The number of nitrogens with zero attached hydrogens (tertiary/aromatic N) is 2. The van der Waals surface area contributed by atoms with Crippen molar-refractivity contribution < 1.29 is 13.2 Å². The monoisotopic (exact) mass is 441 g/mol. The van der Waals surface area contributed by atoms with Crippen LogP contribution in [0.4, 0.5) is 5.69 Å². The highest BCUT2D eigenvalue weighted by molar-refractivity contribution is 7.92. The lowest BCUT2D eigenvalue weighted by Gasteiger charge is -2.24. The summed E-state index contributed by atoms with van der Waals surface area (Å²) in [6.45, 7) is 5.38. The van der Waals surface area contributed by atoms with Gasteiger partial charge in [0.25, 0.3) is 15.9 Å². The first-order valence-corrected chi connectivity index (χ1v) is 12.2. The number of hydrazone groups is 1. The van der Waals surface area contributed by atoms with Crippen molar-refractivity contribution in [1.82, 2.24) is 5.43 Å². The highest BCUT2D eigenvalue weighted by Crippen LogP contribution is 2.26. The van der Waals surface area contributed by atoms with Gasteiger partial charge < -0.3 is 0 Å². The second-order valence-electron chi connectivity index (χ2n) is 8.30. The molecule has 0 spiro atoms. The molecule has 1 fully saturated rings. The van der Waals surface area contributed by atoms with Crippen molar-refractivity contribution in [3.05, 3.63) is 59.2 Å². The minimum absolute atomic E-state index is 0.153.